The molecule has 2 aromatic rings. The fourth-order valence-electron chi connectivity index (χ4n) is 2.63. The van der Waals surface area contributed by atoms with Crippen LogP contribution in [0.1, 0.15) is 29.2 Å². The third-order valence-corrected chi connectivity index (χ3v) is 3.60. The zero-order chi connectivity index (χ0) is 14.5. The maximum atomic E-state index is 3.99. The Bertz CT molecular complexity index is 645. The molecule has 2 rings (SSSR count). The van der Waals surface area contributed by atoms with E-state index in [-0.39, 0.29) is 0 Å². The molecule has 0 amide bonds. The molecule has 0 nitrogen and oxygen atoms in total. The number of aryl methyl sites for hydroxylation is 1. The van der Waals surface area contributed by atoms with Gasteiger partial charge in [-0.3, -0.25) is 0 Å². The van der Waals surface area contributed by atoms with Crippen molar-refractivity contribution >= 4 is 18.2 Å². The number of rotatable bonds is 5. The molecule has 0 atom stereocenters. The van der Waals surface area contributed by atoms with Gasteiger partial charge in [-0.05, 0) is 39.8 Å². The average molecular weight is 260 g/mol. The molecular weight excluding hydrogens is 240 g/mol. The summed E-state index contributed by atoms with van der Waals surface area (Å²) in [6, 6.07) is 12.6. The van der Waals surface area contributed by atoms with Crippen molar-refractivity contribution in [2.75, 3.05) is 0 Å². The number of benzene rings is 2. The summed E-state index contributed by atoms with van der Waals surface area (Å²) in [6.45, 7) is 14.1. The minimum Gasteiger partial charge on any atom is -0.0984 e. The summed E-state index contributed by atoms with van der Waals surface area (Å²) in [6.07, 6.45) is 6.74. The summed E-state index contributed by atoms with van der Waals surface area (Å²) >= 11 is 0. The van der Waals surface area contributed by atoms with Gasteiger partial charge < -0.3 is 0 Å². The fourth-order valence-corrected chi connectivity index (χ4v) is 2.63. The molecular formula is C20H20. The van der Waals surface area contributed by atoms with E-state index < -0.39 is 0 Å². The highest BCUT2D eigenvalue weighted by molar-refractivity contribution is 5.87. The molecule has 0 radical (unpaired) electrons. The molecule has 0 aliphatic rings. The van der Waals surface area contributed by atoms with E-state index in [0.29, 0.717) is 0 Å². The average Bonchev–Trinajstić information content (AvgIpc) is 2.53. The van der Waals surface area contributed by atoms with Crippen LogP contribution in [0.15, 0.2) is 56.1 Å². The highest BCUT2D eigenvalue weighted by Gasteiger charge is 2.13. The van der Waals surface area contributed by atoms with E-state index in [1.807, 2.05) is 24.3 Å². The summed E-state index contributed by atoms with van der Waals surface area (Å²) in [5.41, 5.74) is 7.11. The first kappa shape index (κ1) is 14.1. The topological polar surface area (TPSA) is 0 Å². The normalized spacial score (nSPS) is 10.1. The van der Waals surface area contributed by atoms with Gasteiger partial charge in [-0.2, -0.15) is 0 Å². The van der Waals surface area contributed by atoms with E-state index in [1.165, 1.54) is 22.3 Å². The molecule has 0 aromatic heterocycles. The minimum atomic E-state index is 0.970. The number of hydrogen-bond donors (Lipinski definition) is 0. The van der Waals surface area contributed by atoms with Crippen molar-refractivity contribution in [1.29, 1.82) is 0 Å². The van der Waals surface area contributed by atoms with Crippen LogP contribution in [0, 0.1) is 0 Å². The second kappa shape index (κ2) is 6.21. The summed E-state index contributed by atoms with van der Waals surface area (Å²) in [5.74, 6) is 0. The van der Waals surface area contributed by atoms with Gasteiger partial charge in [0.1, 0.15) is 0 Å². The molecule has 0 heterocycles. The molecule has 100 valence electrons. The third kappa shape index (κ3) is 2.37. The Morgan fingerprint density at radius 2 is 1.55 bits per heavy atom. The molecule has 2 aromatic carbocycles. The SMILES string of the molecule is C=Cc1cc(CC)c(C=C)c(C=C)c1-c1ccccc1. The lowest BCUT2D eigenvalue weighted by molar-refractivity contribution is 1.13. The van der Waals surface area contributed by atoms with E-state index in [9.17, 15) is 0 Å². The molecule has 0 heteroatoms. The second-order valence-corrected chi connectivity index (χ2v) is 4.66. The predicted molar refractivity (Wildman–Crippen MR) is 91.5 cm³/mol. The first-order valence-corrected chi connectivity index (χ1v) is 6.89. The Hall–Kier alpha value is -2.34. The van der Waals surface area contributed by atoms with Crippen molar-refractivity contribution < 1.29 is 0 Å². The quantitative estimate of drug-likeness (QED) is 0.633. The second-order valence-electron chi connectivity index (χ2n) is 4.66. The summed E-state index contributed by atoms with van der Waals surface area (Å²) in [5, 5.41) is 0. The summed E-state index contributed by atoms with van der Waals surface area (Å²) in [7, 11) is 0. The van der Waals surface area contributed by atoms with E-state index in [1.54, 1.807) is 0 Å². The van der Waals surface area contributed by atoms with E-state index >= 15 is 0 Å². The molecule has 0 saturated carbocycles. The van der Waals surface area contributed by atoms with Crippen LogP contribution in [0.3, 0.4) is 0 Å². The van der Waals surface area contributed by atoms with Crippen LogP contribution in [-0.4, -0.2) is 0 Å². The minimum absolute atomic E-state index is 0.970. The van der Waals surface area contributed by atoms with Gasteiger partial charge in [-0.15, -0.1) is 0 Å². The Morgan fingerprint density at radius 3 is 2.05 bits per heavy atom. The first-order valence-electron chi connectivity index (χ1n) is 6.89. The van der Waals surface area contributed by atoms with Crippen molar-refractivity contribution in [3.63, 3.8) is 0 Å². The molecule has 0 spiro atoms. The molecule has 0 fully saturated rings. The van der Waals surface area contributed by atoms with Gasteiger partial charge in [0.05, 0.1) is 0 Å². The van der Waals surface area contributed by atoms with E-state index in [0.717, 1.165) is 17.5 Å². The van der Waals surface area contributed by atoms with Crippen molar-refractivity contribution in [1.82, 2.24) is 0 Å². The van der Waals surface area contributed by atoms with Crippen molar-refractivity contribution in [2.24, 2.45) is 0 Å². The van der Waals surface area contributed by atoms with Gasteiger partial charge in [0, 0.05) is 0 Å². The Balaban J connectivity index is 2.88. The first-order chi connectivity index (χ1) is 9.76. The molecule has 0 unspecified atom stereocenters. The van der Waals surface area contributed by atoms with Gasteiger partial charge in [0.2, 0.25) is 0 Å². The molecule has 20 heavy (non-hydrogen) atoms. The van der Waals surface area contributed by atoms with Crippen LogP contribution in [0.2, 0.25) is 0 Å². The predicted octanol–water partition coefficient (Wildman–Crippen LogP) is 5.85. The fraction of sp³-hybridized carbons (Fsp3) is 0.100. The highest BCUT2D eigenvalue weighted by Crippen LogP contribution is 2.34. The van der Waals surface area contributed by atoms with Gasteiger partial charge >= 0.3 is 0 Å². The Labute approximate surface area is 121 Å². The monoisotopic (exact) mass is 260 g/mol. The molecule has 0 saturated heterocycles. The maximum Gasteiger partial charge on any atom is -0.00331 e. The van der Waals surface area contributed by atoms with Gasteiger partial charge in [0.15, 0.2) is 0 Å². The van der Waals surface area contributed by atoms with E-state index in [4.69, 9.17) is 0 Å². The molecule has 0 aliphatic carbocycles. The van der Waals surface area contributed by atoms with Crippen molar-refractivity contribution in [3.8, 4) is 11.1 Å². The third-order valence-electron chi connectivity index (χ3n) is 3.60. The van der Waals surface area contributed by atoms with Gasteiger partial charge in [-0.25, -0.2) is 0 Å². The number of hydrogen-bond acceptors (Lipinski definition) is 0. The lowest BCUT2D eigenvalue weighted by atomic mass is 9.87. The van der Waals surface area contributed by atoms with Crippen LogP contribution < -0.4 is 0 Å². The zero-order valence-electron chi connectivity index (χ0n) is 12.0. The Kier molecular flexibility index (Phi) is 4.37. The van der Waals surface area contributed by atoms with Crippen LogP contribution in [0.25, 0.3) is 29.4 Å². The highest BCUT2D eigenvalue weighted by atomic mass is 14.2. The zero-order valence-corrected chi connectivity index (χ0v) is 12.0. The molecule has 0 bridgehead atoms. The molecule has 0 aliphatic heterocycles. The van der Waals surface area contributed by atoms with Crippen LogP contribution in [0.4, 0.5) is 0 Å². The Morgan fingerprint density at radius 1 is 0.900 bits per heavy atom. The smallest absolute Gasteiger partial charge is 0.00331 e. The van der Waals surface area contributed by atoms with Gasteiger partial charge in [0.25, 0.3) is 0 Å². The summed E-state index contributed by atoms with van der Waals surface area (Å²) < 4.78 is 0. The van der Waals surface area contributed by atoms with Crippen LogP contribution in [0.5, 0.6) is 0 Å². The lowest BCUT2D eigenvalue weighted by Gasteiger charge is -2.17. The maximum absolute atomic E-state index is 3.99. The molecule has 0 N–H and O–H groups in total. The lowest BCUT2D eigenvalue weighted by Crippen LogP contribution is -1.97. The van der Waals surface area contributed by atoms with Gasteiger partial charge in [-0.1, -0.05) is 81.3 Å². The van der Waals surface area contributed by atoms with E-state index in [2.05, 4.69) is 57.0 Å². The van der Waals surface area contributed by atoms with Crippen molar-refractivity contribution in [3.05, 3.63) is 78.4 Å². The summed E-state index contributed by atoms with van der Waals surface area (Å²) in [4.78, 5) is 0. The van der Waals surface area contributed by atoms with Crippen molar-refractivity contribution in [2.45, 2.75) is 13.3 Å². The van der Waals surface area contributed by atoms with Crippen LogP contribution in [-0.2, 0) is 6.42 Å². The van der Waals surface area contributed by atoms with Crippen LogP contribution >= 0.6 is 0 Å². The largest absolute Gasteiger partial charge is 0.0984 e. The standard InChI is InChI=1S/C20H20/c1-5-15-14-16(6-2)20(17-12-10-9-11-13-17)19(8-4)18(15)7-3/h6-14H,2-5H2,1H3.